The first-order valence-electron chi connectivity index (χ1n) is 12.4. The lowest BCUT2D eigenvalue weighted by Gasteiger charge is -2.42. The molecular weight excluding hydrogens is 424 g/mol. The Balaban J connectivity index is 1.72. The molecule has 0 bridgehead atoms. The van der Waals surface area contributed by atoms with E-state index in [1.54, 1.807) is 4.57 Å². The first-order valence-corrected chi connectivity index (χ1v) is 12.4. The van der Waals surface area contributed by atoms with Crippen LogP contribution in [0.15, 0.2) is 47.3 Å². The van der Waals surface area contributed by atoms with Gasteiger partial charge in [-0.05, 0) is 57.9 Å². The van der Waals surface area contributed by atoms with Crippen molar-refractivity contribution >= 4 is 16.8 Å². The van der Waals surface area contributed by atoms with Crippen molar-refractivity contribution in [2.24, 2.45) is 0 Å². The van der Waals surface area contributed by atoms with Crippen LogP contribution in [0, 0.1) is 13.8 Å². The van der Waals surface area contributed by atoms with Crippen LogP contribution in [0.2, 0.25) is 0 Å². The monoisotopic (exact) mass is 460 g/mol. The van der Waals surface area contributed by atoms with E-state index >= 15 is 0 Å². The molecule has 0 radical (unpaired) electrons. The Morgan fingerprint density at radius 1 is 1.15 bits per heavy atom. The number of hydrogen-bond acceptors (Lipinski definition) is 4. The molecule has 0 aliphatic carbocycles. The number of piperazine rings is 1. The predicted molar refractivity (Wildman–Crippen MR) is 138 cm³/mol. The van der Waals surface area contributed by atoms with Crippen molar-refractivity contribution in [3.05, 3.63) is 69.8 Å². The number of para-hydroxylation sites is 1. The second kappa shape index (κ2) is 10.1. The summed E-state index contributed by atoms with van der Waals surface area (Å²) < 4.78 is 1.80. The molecular formula is C28H36N4O2. The van der Waals surface area contributed by atoms with Crippen LogP contribution in [0.3, 0.4) is 0 Å². The molecule has 0 saturated carbocycles. The fourth-order valence-electron chi connectivity index (χ4n) is 5.06. The van der Waals surface area contributed by atoms with Crippen LogP contribution < -0.4 is 5.56 Å². The molecule has 1 aliphatic heterocycles. The molecule has 1 fully saturated rings. The minimum absolute atomic E-state index is 0.0409. The molecule has 1 saturated heterocycles. The number of aryl methyl sites for hydroxylation is 2. The van der Waals surface area contributed by atoms with Crippen molar-refractivity contribution in [3.63, 3.8) is 0 Å². The van der Waals surface area contributed by atoms with E-state index in [9.17, 15) is 9.59 Å². The van der Waals surface area contributed by atoms with Gasteiger partial charge in [0.2, 0.25) is 5.91 Å². The zero-order valence-electron chi connectivity index (χ0n) is 21.0. The normalized spacial score (nSPS) is 17.8. The Kier molecular flexibility index (Phi) is 7.17. The van der Waals surface area contributed by atoms with Gasteiger partial charge in [-0.2, -0.15) is 0 Å². The lowest BCUT2D eigenvalue weighted by Crippen LogP contribution is -2.54. The van der Waals surface area contributed by atoms with Gasteiger partial charge in [0, 0.05) is 32.1 Å². The van der Waals surface area contributed by atoms with Crippen molar-refractivity contribution in [3.8, 4) is 5.69 Å². The summed E-state index contributed by atoms with van der Waals surface area (Å²) >= 11 is 0. The fourth-order valence-corrected chi connectivity index (χ4v) is 5.06. The quantitative estimate of drug-likeness (QED) is 0.531. The predicted octanol–water partition coefficient (Wildman–Crippen LogP) is 4.79. The topological polar surface area (TPSA) is 58.4 Å². The van der Waals surface area contributed by atoms with E-state index in [0.717, 1.165) is 54.1 Å². The van der Waals surface area contributed by atoms with Gasteiger partial charge in [0.15, 0.2) is 0 Å². The summed E-state index contributed by atoms with van der Waals surface area (Å²) in [6.45, 7) is 12.7. The van der Waals surface area contributed by atoms with Crippen LogP contribution in [0.4, 0.5) is 0 Å². The highest BCUT2D eigenvalue weighted by atomic mass is 16.2. The van der Waals surface area contributed by atoms with Crippen LogP contribution in [0.5, 0.6) is 0 Å². The lowest BCUT2D eigenvalue weighted by atomic mass is 10.1. The van der Waals surface area contributed by atoms with E-state index in [1.807, 2.05) is 48.2 Å². The van der Waals surface area contributed by atoms with Gasteiger partial charge in [0.05, 0.1) is 22.6 Å². The highest BCUT2D eigenvalue weighted by Gasteiger charge is 2.32. The first kappa shape index (κ1) is 24.1. The van der Waals surface area contributed by atoms with Gasteiger partial charge in [0.25, 0.3) is 5.56 Å². The fraction of sp³-hybridized carbons (Fsp3) is 0.464. The molecule has 0 spiro atoms. The Hall–Kier alpha value is -2.99. The van der Waals surface area contributed by atoms with Gasteiger partial charge in [-0.15, -0.1) is 0 Å². The second-order valence-corrected chi connectivity index (χ2v) is 9.63. The largest absolute Gasteiger partial charge is 0.337 e. The minimum Gasteiger partial charge on any atom is -0.337 e. The van der Waals surface area contributed by atoms with Gasteiger partial charge in [-0.3, -0.25) is 19.1 Å². The van der Waals surface area contributed by atoms with E-state index in [0.29, 0.717) is 18.4 Å². The van der Waals surface area contributed by atoms with Gasteiger partial charge in [0.1, 0.15) is 5.82 Å². The number of fused-ring (bicyclic) bond motifs is 1. The van der Waals surface area contributed by atoms with Crippen LogP contribution >= 0.6 is 0 Å². The maximum absolute atomic E-state index is 13.7. The SMILES string of the molecule is CCCCC(=O)N1CCN(C(C)c2nc3ccccc3c(=O)n2-c2ccc(C)cc2C)CC1C. The zero-order valence-corrected chi connectivity index (χ0v) is 21.0. The lowest BCUT2D eigenvalue weighted by molar-refractivity contribution is -0.136. The molecule has 2 aromatic carbocycles. The van der Waals surface area contributed by atoms with Crippen molar-refractivity contribution < 1.29 is 4.79 Å². The summed E-state index contributed by atoms with van der Waals surface area (Å²) in [5.74, 6) is 0.992. The molecule has 0 N–H and O–H groups in total. The number of benzene rings is 2. The van der Waals surface area contributed by atoms with E-state index in [1.165, 1.54) is 0 Å². The van der Waals surface area contributed by atoms with Crippen LogP contribution in [0.1, 0.15) is 63.0 Å². The molecule has 1 aliphatic rings. The third-order valence-corrected chi connectivity index (χ3v) is 7.04. The van der Waals surface area contributed by atoms with Crippen molar-refractivity contribution in [2.75, 3.05) is 19.6 Å². The summed E-state index contributed by atoms with van der Waals surface area (Å²) in [6, 6.07) is 13.8. The molecule has 6 nitrogen and oxygen atoms in total. The summed E-state index contributed by atoms with van der Waals surface area (Å²) in [4.78, 5) is 35.8. The number of hydrogen-bond donors (Lipinski definition) is 0. The minimum atomic E-state index is -0.0756. The molecule has 3 aromatic rings. The Morgan fingerprint density at radius 2 is 1.91 bits per heavy atom. The zero-order chi connectivity index (χ0) is 24.4. The number of nitrogens with zero attached hydrogens (tertiary/aromatic N) is 4. The van der Waals surface area contributed by atoms with Crippen molar-refractivity contribution in [1.29, 1.82) is 0 Å². The maximum Gasteiger partial charge on any atom is 0.266 e. The Labute approximate surface area is 202 Å². The van der Waals surface area contributed by atoms with Crippen molar-refractivity contribution in [1.82, 2.24) is 19.4 Å². The molecule has 2 heterocycles. The highest BCUT2D eigenvalue weighted by molar-refractivity contribution is 5.78. The van der Waals surface area contributed by atoms with E-state index < -0.39 is 0 Å². The average molecular weight is 461 g/mol. The van der Waals surface area contributed by atoms with E-state index in [2.05, 4.69) is 38.7 Å². The molecule has 6 heteroatoms. The standard InChI is InChI=1S/C28H36N4O2/c1-6-7-12-26(33)31-16-15-30(18-21(31)4)22(5)27-29-24-11-9-8-10-23(24)28(34)32(27)25-14-13-19(2)17-20(25)3/h8-11,13-14,17,21-22H,6-7,12,15-16,18H2,1-5H3. The summed E-state index contributed by atoms with van der Waals surface area (Å²) in [7, 11) is 0. The number of carbonyl (C=O) groups is 1. The number of carbonyl (C=O) groups excluding carboxylic acids is 1. The molecule has 4 rings (SSSR count). The third-order valence-electron chi connectivity index (χ3n) is 7.04. The third kappa shape index (κ3) is 4.64. The van der Waals surface area contributed by atoms with Gasteiger partial charge in [-0.1, -0.05) is 43.2 Å². The molecule has 34 heavy (non-hydrogen) atoms. The molecule has 2 unspecified atom stereocenters. The second-order valence-electron chi connectivity index (χ2n) is 9.63. The molecule has 2 atom stereocenters. The summed E-state index contributed by atoms with van der Waals surface area (Å²) in [5.41, 5.74) is 3.76. The van der Waals surface area contributed by atoms with Gasteiger partial charge in [-0.25, -0.2) is 4.98 Å². The number of aromatic nitrogens is 2. The maximum atomic E-state index is 13.7. The van der Waals surface area contributed by atoms with Gasteiger partial charge < -0.3 is 4.90 Å². The molecule has 1 amide bonds. The summed E-state index contributed by atoms with van der Waals surface area (Å²) in [5, 5.41) is 0.623. The smallest absolute Gasteiger partial charge is 0.266 e. The average Bonchev–Trinajstić information content (AvgIpc) is 2.82. The van der Waals surface area contributed by atoms with Crippen LogP contribution in [0.25, 0.3) is 16.6 Å². The molecule has 180 valence electrons. The Morgan fingerprint density at radius 3 is 2.62 bits per heavy atom. The van der Waals surface area contributed by atoms with Gasteiger partial charge >= 0.3 is 0 Å². The van der Waals surface area contributed by atoms with Crippen LogP contribution in [-0.4, -0.2) is 50.9 Å². The number of amides is 1. The van der Waals surface area contributed by atoms with E-state index in [-0.39, 0.29) is 23.6 Å². The molecule has 1 aromatic heterocycles. The number of rotatable bonds is 6. The number of unbranched alkanes of at least 4 members (excludes halogenated alkanes) is 1. The Bertz CT molecular complexity index is 1250. The van der Waals surface area contributed by atoms with Crippen LogP contribution in [-0.2, 0) is 4.79 Å². The van der Waals surface area contributed by atoms with Crippen molar-refractivity contribution in [2.45, 2.75) is 66.0 Å². The first-order chi connectivity index (χ1) is 16.3. The summed E-state index contributed by atoms with van der Waals surface area (Å²) in [6.07, 6.45) is 2.58. The highest BCUT2D eigenvalue weighted by Crippen LogP contribution is 2.27. The van der Waals surface area contributed by atoms with E-state index in [4.69, 9.17) is 4.98 Å².